The average Bonchev–Trinajstić information content (AvgIpc) is 2.78. The summed E-state index contributed by atoms with van der Waals surface area (Å²) in [5.74, 6) is -6.49. The molecule has 1 fully saturated rings. The number of aromatic nitrogens is 3. The second-order valence-corrected chi connectivity index (χ2v) is 8.29. The number of halogens is 7. The summed E-state index contributed by atoms with van der Waals surface area (Å²) >= 11 is -0.937. The zero-order valence-electron chi connectivity index (χ0n) is 17.6. The molecule has 2 N–H and O–H groups in total. The molecule has 186 valence electrons. The summed E-state index contributed by atoms with van der Waals surface area (Å²) in [5, 5.41) is 3.69. The average molecular weight is 512 g/mol. The highest BCUT2D eigenvalue weighted by atomic mass is 32.2. The largest absolute Gasteiger partial charge is 0.460 e. The molecule has 0 spiro atoms. The number of oxime groups is 1. The first-order chi connectivity index (χ1) is 15.9. The van der Waals surface area contributed by atoms with Gasteiger partial charge >= 0.3 is 23.4 Å². The van der Waals surface area contributed by atoms with Crippen LogP contribution in [0.15, 0.2) is 34.3 Å². The summed E-state index contributed by atoms with van der Waals surface area (Å²) in [4.78, 5) is 16.6. The van der Waals surface area contributed by atoms with Gasteiger partial charge in [0, 0.05) is 11.9 Å². The van der Waals surface area contributed by atoms with Crippen LogP contribution in [0.2, 0.25) is 0 Å². The van der Waals surface area contributed by atoms with Gasteiger partial charge in [0.05, 0.1) is 11.4 Å². The van der Waals surface area contributed by atoms with E-state index < -0.39 is 34.0 Å². The summed E-state index contributed by atoms with van der Waals surface area (Å²) in [7, 11) is 1.49. The normalized spacial score (nSPS) is 15.1. The molecule has 2 aromatic rings. The van der Waals surface area contributed by atoms with E-state index >= 15 is 0 Å². The van der Waals surface area contributed by atoms with Crippen molar-refractivity contribution in [3.8, 4) is 6.01 Å². The van der Waals surface area contributed by atoms with Gasteiger partial charge in [-0.05, 0) is 49.6 Å². The highest BCUT2D eigenvalue weighted by Crippen LogP contribution is 2.54. The maximum Gasteiger partial charge on any atom is 0.460 e. The Hall–Kier alpha value is -2.84. The smallest absolute Gasteiger partial charge is 0.357 e. The molecule has 1 aliphatic rings. The van der Waals surface area contributed by atoms with Crippen LogP contribution in [0.5, 0.6) is 6.01 Å². The van der Waals surface area contributed by atoms with Crippen LogP contribution in [0.4, 0.5) is 48.3 Å². The molecule has 0 bridgehead atoms. The van der Waals surface area contributed by atoms with Crippen LogP contribution in [-0.2, 0) is 0 Å². The van der Waals surface area contributed by atoms with Gasteiger partial charge < -0.3 is 15.5 Å². The molecule has 0 amide bonds. The number of thioether (sulfide) groups is 1. The number of alkyl halides is 7. The summed E-state index contributed by atoms with van der Waals surface area (Å²) in [6.07, 6.45) is -1.88. The fourth-order valence-corrected chi connectivity index (χ4v) is 3.76. The third-order valence-corrected chi connectivity index (χ3v) is 5.71. The molecule has 0 unspecified atom stereocenters. The van der Waals surface area contributed by atoms with Gasteiger partial charge in [0.2, 0.25) is 11.9 Å². The molecule has 0 aliphatic heterocycles. The van der Waals surface area contributed by atoms with E-state index in [1.54, 1.807) is 0 Å². The Morgan fingerprint density at radius 3 is 2.21 bits per heavy atom. The second kappa shape index (κ2) is 10.2. The molecule has 1 aromatic carbocycles. The van der Waals surface area contributed by atoms with E-state index in [9.17, 15) is 30.7 Å². The standard InChI is InChI=1S/C19H19F7N6OS/c1-27-14-29-15(31-16(30-14)33-32-11-7-3-2-4-8-11)28-12-9-5-6-10-13(12)34-19(25,26)17(20,21)18(22,23)24/h5-6,9-10H,2-4,7-8H2,1H3,(H2,27,28,29,30,31). The zero-order chi connectivity index (χ0) is 25.0. The van der Waals surface area contributed by atoms with Crippen molar-refractivity contribution in [3.63, 3.8) is 0 Å². The van der Waals surface area contributed by atoms with Crippen molar-refractivity contribution >= 4 is 35.1 Å². The van der Waals surface area contributed by atoms with E-state index in [4.69, 9.17) is 4.84 Å². The summed E-state index contributed by atoms with van der Waals surface area (Å²) in [5.41, 5.74) is 0.588. The second-order valence-electron chi connectivity index (χ2n) is 7.14. The lowest BCUT2D eigenvalue weighted by molar-refractivity contribution is -0.330. The molecular weight excluding hydrogens is 493 g/mol. The van der Waals surface area contributed by atoms with Crippen LogP contribution in [0.1, 0.15) is 32.1 Å². The minimum Gasteiger partial charge on any atom is -0.357 e. The van der Waals surface area contributed by atoms with Gasteiger partial charge in [-0.1, -0.05) is 23.7 Å². The number of nitrogens with one attached hydrogen (secondary N) is 2. The number of rotatable bonds is 8. The van der Waals surface area contributed by atoms with E-state index in [1.807, 2.05) is 0 Å². The lowest BCUT2D eigenvalue weighted by Gasteiger charge is -2.28. The fraction of sp³-hybridized carbons (Fsp3) is 0.474. The molecule has 3 rings (SSSR count). The number of hydrogen-bond donors (Lipinski definition) is 2. The number of para-hydroxylation sites is 1. The van der Waals surface area contributed by atoms with Crippen LogP contribution in [0, 0.1) is 0 Å². The lowest BCUT2D eigenvalue weighted by Crippen LogP contribution is -2.49. The first-order valence-electron chi connectivity index (χ1n) is 9.97. The first kappa shape index (κ1) is 25.8. The minimum atomic E-state index is -6.44. The quantitative estimate of drug-likeness (QED) is 0.246. The molecule has 15 heteroatoms. The predicted molar refractivity (Wildman–Crippen MR) is 112 cm³/mol. The topological polar surface area (TPSA) is 84.3 Å². The third kappa shape index (κ3) is 5.98. The Morgan fingerprint density at radius 1 is 0.912 bits per heavy atom. The molecule has 0 atom stereocenters. The third-order valence-electron chi connectivity index (χ3n) is 4.62. The first-order valence-corrected chi connectivity index (χ1v) is 10.8. The minimum absolute atomic E-state index is 0.00964. The van der Waals surface area contributed by atoms with E-state index in [0.717, 1.165) is 43.9 Å². The Bertz CT molecular complexity index is 1030. The maximum atomic E-state index is 13.9. The van der Waals surface area contributed by atoms with E-state index in [2.05, 4.69) is 30.7 Å². The van der Waals surface area contributed by atoms with Gasteiger partial charge in [0.15, 0.2) is 0 Å². The number of benzene rings is 1. The van der Waals surface area contributed by atoms with Crippen LogP contribution >= 0.6 is 11.8 Å². The fourth-order valence-electron chi connectivity index (χ4n) is 2.87. The highest BCUT2D eigenvalue weighted by Gasteiger charge is 2.73. The molecule has 1 aromatic heterocycles. The van der Waals surface area contributed by atoms with E-state index in [0.29, 0.717) is 0 Å². The van der Waals surface area contributed by atoms with Gasteiger partial charge in [0.25, 0.3) is 0 Å². The van der Waals surface area contributed by atoms with Crippen molar-refractivity contribution in [2.75, 3.05) is 17.7 Å². The van der Waals surface area contributed by atoms with Crippen molar-refractivity contribution in [1.29, 1.82) is 0 Å². The Balaban J connectivity index is 1.84. The van der Waals surface area contributed by atoms with Crippen molar-refractivity contribution in [1.82, 2.24) is 15.0 Å². The van der Waals surface area contributed by atoms with Crippen LogP contribution in [0.3, 0.4) is 0 Å². The van der Waals surface area contributed by atoms with Crippen molar-refractivity contribution in [3.05, 3.63) is 24.3 Å². The van der Waals surface area contributed by atoms with Crippen LogP contribution in [0.25, 0.3) is 0 Å². The van der Waals surface area contributed by atoms with Gasteiger partial charge in [-0.3, -0.25) is 0 Å². The summed E-state index contributed by atoms with van der Waals surface area (Å²) in [6.45, 7) is 0. The summed E-state index contributed by atoms with van der Waals surface area (Å²) in [6, 6.07) is 4.48. The molecular formula is C19H19F7N6OS. The summed E-state index contributed by atoms with van der Waals surface area (Å²) < 4.78 is 92.1. The van der Waals surface area contributed by atoms with Crippen LogP contribution in [-0.4, -0.2) is 45.1 Å². The number of hydrogen-bond acceptors (Lipinski definition) is 8. The molecule has 0 radical (unpaired) electrons. The zero-order valence-corrected chi connectivity index (χ0v) is 18.4. The molecule has 1 heterocycles. The van der Waals surface area contributed by atoms with E-state index in [1.165, 1.54) is 25.2 Å². The molecule has 0 saturated heterocycles. The van der Waals surface area contributed by atoms with Crippen molar-refractivity contribution < 1.29 is 35.6 Å². The van der Waals surface area contributed by atoms with Gasteiger partial charge in [0.1, 0.15) is 0 Å². The molecule has 34 heavy (non-hydrogen) atoms. The van der Waals surface area contributed by atoms with Crippen molar-refractivity contribution in [2.24, 2.45) is 5.16 Å². The lowest BCUT2D eigenvalue weighted by atomic mass is 9.99. The van der Waals surface area contributed by atoms with Crippen molar-refractivity contribution in [2.45, 2.75) is 54.4 Å². The number of anilines is 3. The van der Waals surface area contributed by atoms with Crippen LogP contribution < -0.4 is 15.5 Å². The SMILES string of the molecule is CNc1nc(Nc2ccccc2SC(F)(F)C(F)(F)C(F)(F)F)nc(ON=C2CCCCC2)n1. The highest BCUT2D eigenvalue weighted by molar-refractivity contribution is 8.00. The Kier molecular flexibility index (Phi) is 7.73. The maximum absolute atomic E-state index is 13.9. The number of nitrogens with zero attached hydrogens (tertiary/aromatic N) is 4. The monoisotopic (exact) mass is 512 g/mol. The Labute approximate surface area is 193 Å². The predicted octanol–water partition coefficient (Wildman–Crippen LogP) is 6.24. The Morgan fingerprint density at radius 2 is 1.56 bits per heavy atom. The van der Waals surface area contributed by atoms with Gasteiger partial charge in [-0.15, -0.1) is 0 Å². The molecule has 1 aliphatic carbocycles. The van der Waals surface area contributed by atoms with E-state index in [-0.39, 0.29) is 23.6 Å². The van der Waals surface area contributed by atoms with Gasteiger partial charge in [-0.2, -0.15) is 45.7 Å². The molecule has 7 nitrogen and oxygen atoms in total. The van der Waals surface area contributed by atoms with Gasteiger partial charge in [-0.25, -0.2) is 0 Å². The molecule has 1 saturated carbocycles.